The Labute approximate surface area is 93.6 Å². The third-order valence-corrected chi connectivity index (χ3v) is 2.50. The molecule has 1 unspecified atom stereocenters. The Bertz CT molecular complexity index is 422. The molecule has 2 N–H and O–H groups in total. The van der Waals surface area contributed by atoms with Crippen LogP contribution in [-0.2, 0) is 6.42 Å². The zero-order valence-electron chi connectivity index (χ0n) is 9.22. The van der Waals surface area contributed by atoms with E-state index in [1.807, 2.05) is 0 Å². The van der Waals surface area contributed by atoms with Crippen molar-refractivity contribution in [2.75, 3.05) is 6.54 Å². The van der Waals surface area contributed by atoms with E-state index in [9.17, 15) is 0 Å². The maximum atomic E-state index is 5.54. The molecule has 0 aliphatic carbocycles. The van der Waals surface area contributed by atoms with E-state index < -0.39 is 0 Å². The Kier molecular flexibility index (Phi) is 3.36. The van der Waals surface area contributed by atoms with Gasteiger partial charge in [-0.05, 0) is 24.9 Å². The van der Waals surface area contributed by atoms with Gasteiger partial charge in [0.2, 0.25) is 11.7 Å². The van der Waals surface area contributed by atoms with E-state index in [2.05, 4.69) is 17.1 Å². The van der Waals surface area contributed by atoms with Gasteiger partial charge < -0.3 is 14.7 Å². The second-order valence-corrected chi connectivity index (χ2v) is 3.90. The van der Waals surface area contributed by atoms with Crippen molar-refractivity contribution in [3.05, 3.63) is 24.5 Å². The molecule has 0 aromatic carbocycles. The fourth-order valence-corrected chi connectivity index (χ4v) is 1.35. The molecule has 0 radical (unpaired) electrons. The van der Waals surface area contributed by atoms with Gasteiger partial charge in [0.05, 0.1) is 11.8 Å². The summed E-state index contributed by atoms with van der Waals surface area (Å²) in [5.74, 6) is 1.70. The molecule has 0 saturated carbocycles. The molecule has 2 aromatic heterocycles. The van der Waals surface area contributed by atoms with Crippen LogP contribution in [0.25, 0.3) is 11.4 Å². The summed E-state index contributed by atoms with van der Waals surface area (Å²) in [7, 11) is 0. The van der Waals surface area contributed by atoms with Crippen LogP contribution in [0.4, 0.5) is 0 Å². The highest BCUT2D eigenvalue weighted by Gasteiger charge is 2.10. The summed E-state index contributed by atoms with van der Waals surface area (Å²) in [5, 5.41) is 3.89. The van der Waals surface area contributed by atoms with Crippen molar-refractivity contribution < 1.29 is 8.94 Å². The van der Waals surface area contributed by atoms with Crippen molar-refractivity contribution in [2.45, 2.75) is 19.8 Å². The van der Waals surface area contributed by atoms with Crippen LogP contribution in [0.3, 0.4) is 0 Å². The Hall–Kier alpha value is -1.62. The number of rotatable bonds is 5. The number of nitrogens with zero attached hydrogens (tertiary/aromatic N) is 2. The fourth-order valence-electron chi connectivity index (χ4n) is 1.35. The Morgan fingerprint density at radius 3 is 3.06 bits per heavy atom. The summed E-state index contributed by atoms with van der Waals surface area (Å²) in [4.78, 5) is 4.28. The molecule has 5 heteroatoms. The number of hydrogen-bond acceptors (Lipinski definition) is 5. The lowest BCUT2D eigenvalue weighted by atomic mass is 10.1. The number of furan rings is 1. The first-order valence-electron chi connectivity index (χ1n) is 5.35. The molecule has 1 atom stereocenters. The fraction of sp³-hybridized carbons (Fsp3) is 0.455. The lowest BCUT2D eigenvalue weighted by Crippen LogP contribution is -2.11. The van der Waals surface area contributed by atoms with Crippen LogP contribution in [-0.4, -0.2) is 16.7 Å². The van der Waals surface area contributed by atoms with Crippen molar-refractivity contribution >= 4 is 0 Å². The van der Waals surface area contributed by atoms with Gasteiger partial charge in [-0.2, -0.15) is 4.98 Å². The van der Waals surface area contributed by atoms with Gasteiger partial charge in [-0.15, -0.1) is 0 Å². The van der Waals surface area contributed by atoms with Crippen LogP contribution < -0.4 is 5.73 Å². The maximum Gasteiger partial charge on any atom is 0.226 e. The first kappa shape index (κ1) is 10.9. The molecule has 86 valence electrons. The smallest absolute Gasteiger partial charge is 0.226 e. The molecule has 0 saturated heterocycles. The first-order valence-corrected chi connectivity index (χ1v) is 5.35. The van der Waals surface area contributed by atoms with Gasteiger partial charge in [-0.1, -0.05) is 12.1 Å². The molecule has 5 nitrogen and oxygen atoms in total. The molecule has 0 aliphatic heterocycles. The topological polar surface area (TPSA) is 78.1 Å². The van der Waals surface area contributed by atoms with E-state index in [1.165, 1.54) is 0 Å². The average Bonchev–Trinajstić information content (AvgIpc) is 2.95. The number of hydrogen-bond donors (Lipinski definition) is 1. The van der Waals surface area contributed by atoms with Crippen molar-refractivity contribution in [3.63, 3.8) is 0 Å². The van der Waals surface area contributed by atoms with Crippen LogP contribution >= 0.6 is 0 Å². The molecule has 0 spiro atoms. The van der Waals surface area contributed by atoms with Gasteiger partial charge >= 0.3 is 0 Å². The highest BCUT2D eigenvalue weighted by molar-refractivity contribution is 5.51. The Balaban J connectivity index is 1.98. The Morgan fingerprint density at radius 1 is 1.50 bits per heavy atom. The molecule has 0 fully saturated rings. The van der Waals surface area contributed by atoms with Crippen LogP contribution in [0.15, 0.2) is 27.5 Å². The Morgan fingerprint density at radius 2 is 2.38 bits per heavy atom. The van der Waals surface area contributed by atoms with Gasteiger partial charge in [0.25, 0.3) is 0 Å². The van der Waals surface area contributed by atoms with Gasteiger partial charge in [-0.3, -0.25) is 0 Å². The van der Waals surface area contributed by atoms with Crippen LogP contribution in [0.1, 0.15) is 19.2 Å². The van der Waals surface area contributed by atoms with E-state index in [0.29, 0.717) is 24.2 Å². The van der Waals surface area contributed by atoms with Crippen molar-refractivity contribution in [3.8, 4) is 11.4 Å². The molecule has 0 amide bonds. The zero-order chi connectivity index (χ0) is 11.4. The van der Waals surface area contributed by atoms with Crippen molar-refractivity contribution in [1.82, 2.24) is 10.1 Å². The quantitative estimate of drug-likeness (QED) is 0.833. The number of nitrogens with two attached hydrogens (primary N) is 1. The lowest BCUT2D eigenvalue weighted by Gasteiger charge is -2.03. The predicted octanol–water partition coefficient (Wildman–Crippen LogP) is 1.86. The summed E-state index contributed by atoms with van der Waals surface area (Å²) >= 11 is 0. The van der Waals surface area contributed by atoms with Gasteiger partial charge in [0, 0.05) is 6.42 Å². The number of aromatic nitrogens is 2. The molecule has 16 heavy (non-hydrogen) atoms. The third kappa shape index (κ3) is 2.49. The predicted molar refractivity (Wildman–Crippen MR) is 58.5 cm³/mol. The molecule has 2 aromatic rings. The van der Waals surface area contributed by atoms with Crippen LogP contribution in [0.2, 0.25) is 0 Å². The van der Waals surface area contributed by atoms with Gasteiger partial charge in [-0.25, -0.2) is 0 Å². The molecular weight excluding hydrogens is 206 g/mol. The van der Waals surface area contributed by atoms with E-state index in [0.717, 1.165) is 18.4 Å². The summed E-state index contributed by atoms with van der Waals surface area (Å²) in [5.41, 5.74) is 6.37. The van der Waals surface area contributed by atoms with Crippen LogP contribution in [0.5, 0.6) is 0 Å². The lowest BCUT2D eigenvalue weighted by molar-refractivity contribution is 0.366. The summed E-state index contributed by atoms with van der Waals surface area (Å²) < 4.78 is 10.1. The summed E-state index contributed by atoms with van der Waals surface area (Å²) in [6, 6.07) is 1.80. The second-order valence-electron chi connectivity index (χ2n) is 3.90. The standard InChI is InChI=1S/C11H15N3O2/c1-8(6-12)2-3-10-13-11(14-16-10)9-4-5-15-7-9/h4-5,7-8H,2-3,6,12H2,1H3. The minimum Gasteiger partial charge on any atom is -0.472 e. The molecule has 2 heterocycles. The minimum absolute atomic E-state index is 0.476. The normalized spacial score (nSPS) is 12.9. The highest BCUT2D eigenvalue weighted by atomic mass is 16.5. The van der Waals surface area contributed by atoms with Crippen LogP contribution in [0, 0.1) is 5.92 Å². The van der Waals surface area contributed by atoms with E-state index in [4.69, 9.17) is 14.7 Å². The minimum atomic E-state index is 0.476. The van der Waals surface area contributed by atoms with E-state index in [-0.39, 0.29) is 0 Å². The zero-order valence-corrected chi connectivity index (χ0v) is 9.22. The molecule has 2 rings (SSSR count). The highest BCUT2D eigenvalue weighted by Crippen LogP contribution is 2.16. The monoisotopic (exact) mass is 221 g/mol. The molecular formula is C11H15N3O2. The summed E-state index contributed by atoms with van der Waals surface area (Å²) in [6.45, 7) is 2.79. The SMILES string of the molecule is CC(CN)CCc1nc(-c2ccoc2)no1. The summed E-state index contributed by atoms with van der Waals surface area (Å²) in [6.07, 6.45) is 4.91. The first-order chi connectivity index (χ1) is 7.79. The second kappa shape index (κ2) is 4.94. The largest absolute Gasteiger partial charge is 0.472 e. The molecule has 0 bridgehead atoms. The maximum absolute atomic E-state index is 5.54. The van der Waals surface area contributed by atoms with Gasteiger partial charge in [0.1, 0.15) is 6.26 Å². The van der Waals surface area contributed by atoms with Gasteiger partial charge in [0.15, 0.2) is 0 Å². The van der Waals surface area contributed by atoms with Crippen molar-refractivity contribution in [1.29, 1.82) is 0 Å². The molecule has 0 aliphatic rings. The number of aryl methyl sites for hydroxylation is 1. The average molecular weight is 221 g/mol. The van der Waals surface area contributed by atoms with E-state index >= 15 is 0 Å². The van der Waals surface area contributed by atoms with E-state index in [1.54, 1.807) is 18.6 Å². The van der Waals surface area contributed by atoms with Crippen molar-refractivity contribution in [2.24, 2.45) is 11.7 Å². The third-order valence-electron chi connectivity index (χ3n) is 2.50.